The highest BCUT2D eigenvalue weighted by Crippen LogP contribution is 2.59. The molecule has 238 valence electrons. The van der Waals surface area contributed by atoms with Gasteiger partial charge in [0.25, 0.3) is 0 Å². The molecule has 6 rings (SSSR count). The first-order valence-corrected chi connectivity index (χ1v) is 20.2. The SMILES string of the molecule is CCN(C(=O)[C@H]1CC[C@@H]2[C@@H](CC23OCCO3)[C@H]1C#C[C@@H](O[Si](C)(C)C(C)(C)C)C1CCCCC1)c1cccc2ccccc12. The third-order valence-electron chi connectivity index (χ3n) is 11.7. The van der Waals surface area contributed by atoms with Crippen LogP contribution in [0.25, 0.3) is 10.8 Å². The van der Waals surface area contributed by atoms with Crippen LogP contribution in [0.15, 0.2) is 42.5 Å². The largest absolute Gasteiger partial charge is 0.403 e. The van der Waals surface area contributed by atoms with Crippen LogP contribution in [0.1, 0.15) is 79.1 Å². The van der Waals surface area contributed by atoms with Gasteiger partial charge in [0.2, 0.25) is 5.91 Å². The van der Waals surface area contributed by atoms with E-state index in [1.807, 2.05) is 4.90 Å². The van der Waals surface area contributed by atoms with Gasteiger partial charge in [-0.15, -0.1) is 0 Å². The molecule has 1 amide bonds. The summed E-state index contributed by atoms with van der Waals surface area (Å²) < 4.78 is 19.5. The van der Waals surface area contributed by atoms with Crippen LogP contribution >= 0.6 is 0 Å². The van der Waals surface area contributed by atoms with Gasteiger partial charge in [0, 0.05) is 30.2 Å². The zero-order valence-corrected chi connectivity index (χ0v) is 28.9. The summed E-state index contributed by atoms with van der Waals surface area (Å²) in [6, 6.07) is 14.7. The number of carbonyl (C=O) groups excluding carboxylic acids is 1. The van der Waals surface area contributed by atoms with Crippen molar-refractivity contribution in [2.45, 2.75) is 109 Å². The van der Waals surface area contributed by atoms with Crippen LogP contribution in [-0.2, 0) is 18.7 Å². The van der Waals surface area contributed by atoms with Crippen molar-refractivity contribution in [3.05, 3.63) is 42.5 Å². The Morgan fingerprint density at radius 3 is 2.43 bits per heavy atom. The summed E-state index contributed by atoms with van der Waals surface area (Å²) in [6.45, 7) is 15.7. The van der Waals surface area contributed by atoms with Gasteiger partial charge in [0.1, 0.15) is 6.10 Å². The Balaban J connectivity index is 1.34. The van der Waals surface area contributed by atoms with E-state index in [4.69, 9.17) is 13.9 Å². The Labute approximate surface area is 266 Å². The fraction of sp³-hybridized carbons (Fsp3) is 0.658. The van der Waals surface area contributed by atoms with Crippen molar-refractivity contribution in [2.75, 3.05) is 24.7 Å². The summed E-state index contributed by atoms with van der Waals surface area (Å²) in [5.41, 5.74) is 0.998. The number of fused-ring (bicyclic) bond motifs is 3. The Kier molecular flexibility index (Phi) is 9.07. The molecule has 1 spiro atoms. The van der Waals surface area contributed by atoms with Crippen molar-refractivity contribution in [3.63, 3.8) is 0 Å². The molecule has 0 radical (unpaired) electrons. The number of hydrogen-bond donors (Lipinski definition) is 0. The van der Waals surface area contributed by atoms with E-state index >= 15 is 0 Å². The fourth-order valence-electron chi connectivity index (χ4n) is 8.17. The molecule has 0 aromatic heterocycles. The van der Waals surface area contributed by atoms with Gasteiger partial charge in [-0.3, -0.25) is 4.79 Å². The van der Waals surface area contributed by atoms with E-state index in [2.05, 4.69) is 95.1 Å². The van der Waals surface area contributed by atoms with Crippen molar-refractivity contribution < 1.29 is 18.7 Å². The molecular weight excluding hydrogens is 563 g/mol. The van der Waals surface area contributed by atoms with E-state index in [1.165, 1.54) is 32.1 Å². The normalized spacial score (nSPS) is 27.7. The van der Waals surface area contributed by atoms with E-state index in [0.717, 1.165) is 35.7 Å². The Morgan fingerprint density at radius 1 is 1.02 bits per heavy atom. The van der Waals surface area contributed by atoms with Gasteiger partial charge < -0.3 is 18.8 Å². The number of carbonyl (C=O) groups is 1. The monoisotopic (exact) mass is 615 g/mol. The molecule has 3 saturated carbocycles. The Hall–Kier alpha value is -2.17. The maximum atomic E-state index is 14.7. The first-order chi connectivity index (χ1) is 21.0. The predicted octanol–water partition coefficient (Wildman–Crippen LogP) is 8.57. The predicted molar refractivity (Wildman–Crippen MR) is 181 cm³/mol. The van der Waals surface area contributed by atoms with Crippen molar-refractivity contribution in [2.24, 2.45) is 29.6 Å². The number of benzene rings is 2. The van der Waals surface area contributed by atoms with Crippen molar-refractivity contribution in [1.29, 1.82) is 0 Å². The molecule has 1 heterocycles. The maximum Gasteiger partial charge on any atom is 0.231 e. The lowest BCUT2D eigenvalue weighted by Gasteiger charge is -2.57. The summed E-state index contributed by atoms with van der Waals surface area (Å²) >= 11 is 0. The fourth-order valence-corrected chi connectivity index (χ4v) is 9.40. The molecule has 5 nitrogen and oxygen atoms in total. The van der Waals surface area contributed by atoms with E-state index in [1.54, 1.807) is 0 Å². The van der Waals surface area contributed by atoms with Gasteiger partial charge >= 0.3 is 0 Å². The molecule has 5 atom stereocenters. The standard InChI is InChI=1S/C38H53NO4Si/c1-7-39(34-19-13-17-27-14-11-12-18-29(27)34)36(40)31-20-22-33-32(26-38(33)41-24-25-42-38)30(31)21-23-35(28-15-9-8-10-16-28)43-44(5,6)37(2,3)4/h11-14,17-19,28,30-33,35H,7-10,15-16,20,22,24-26H2,1-6H3/t30-,31-,32-,33+,35+/m0/s1. The second-order valence-electron chi connectivity index (χ2n) is 15.3. The second-order valence-corrected chi connectivity index (χ2v) is 20.0. The molecule has 2 aromatic carbocycles. The summed E-state index contributed by atoms with van der Waals surface area (Å²) in [5, 5.41) is 2.40. The topological polar surface area (TPSA) is 48.0 Å². The highest BCUT2D eigenvalue weighted by molar-refractivity contribution is 6.74. The highest BCUT2D eigenvalue weighted by atomic mass is 28.4. The van der Waals surface area contributed by atoms with Crippen LogP contribution in [0.4, 0.5) is 5.69 Å². The van der Waals surface area contributed by atoms with Crippen LogP contribution in [0, 0.1) is 41.4 Å². The molecule has 2 aromatic rings. The lowest BCUT2D eigenvalue weighted by Crippen LogP contribution is -2.61. The van der Waals surface area contributed by atoms with E-state index < -0.39 is 14.1 Å². The quantitative estimate of drug-likeness (QED) is 0.241. The van der Waals surface area contributed by atoms with Crippen LogP contribution in [0.2, 0.25) is 18.1 Å². The van der Waals surface area contributed by atoms with Crippen LogP contribution in [0.3, 0.4) is 0 Å². The molecule has 44 heavy (non-hydrogen) atoms. The Bertz CT molecular complexity index is 1390. The van der Waals surface area contributed by atoms with Gasteiger partial charge in [-0.2, -0.15) is 0 Å². The zero-order valence-electron chi connectivity index (χ0n) is 27.9. The van der Waals surface area contributed by atoms with Gasteiger partial charge in [0.05, 0.1) is 24.8 Å². The molecule has 0 N–H and O–H groups in total. The van der Waals surface area contributed by atoms with Crippen molar-refractivity contribution >= 4 is 30.7 Å². The number of anilines is 1. The smallest absolute Gasteiger partial charge is 0.231 e. The zero-order chi connectivity index (χ0) is 31.1. The van der Waals surface area contributed by atoms with E-state index in [-0.39, 0.29) is 28.9 Å². The number of amides is 1. The average molecular weight is 616 g/mol. The number of ether oxygens (including phenoxy) is 2. The summed E-state index contributed by atoms with van der Waals surface area (Å²) in [4.78, 5) is 16.7. The minimum atomic E-state index is -2.03. The molecule has 6 heteroatoms. The van der Waals surface area contributed by atoms with Crippen molar-refractivity contribution in [3.8, 4) is 11.8 Å². The van der Waals surface area contributed by atoms with Gasteiger partial charge in [-0.1, -0.05) is 88.3 Å². The first kappa shape index (κ1) is 31.8. The molecule has 1 saturated heterocycles. The van der Waals surface area contributed by atoms with Crippen LogP contribution in [0.5, 0.6) is 0 Å². The van der Waals surface area contributed by atoms with Crippen LogP contribution < -0.4 is 4.90 Å². The van der Waals surface area contributed by atoms with Gasteiger partial charge in [-0.05, 0) is 74.0 Å². The number of hydrogen-bond acceptors (Lipinski definition) is 4. The van der Waals surface area contributed by atoms with E-state index in [9.17, 15) is 4.79 Å². The third-order valence-corrected chi connectivity index (χ3v) is 16.2. The lowest BCUT2D eigenvalue weighted by atomic mass is 9.53. The molecule has 4 aliphatic rings. The highest BCUT2D eigenvalue weighted by Gasteiger charge is 2.63. The van der Waals surface area contributed by atoms with Gasteiger partial charge in [-0.25, -0.2) is 0 Å². The number of nitrogens with zero attached hydrogens (tertiary/aromatic N) is 1. The van der Waals surface area contributed by atoms with Gasteiger partial charge in [0.15, 0.2) is 14.1 Å². The molecule has 0 unspecified atom stereocenters. The maximum absolute atomic E-state index is 14.7. The summed E-state index contributed by atoms with van der Waals surface area (Å²) in [6.07, 6.45) is 8.71. The molecule has 0 bridgehead atoms. The molecule has 4 fully saturated rings. The molecule has 3 aliphatic carbocycles. The number of rotatable bonds is 6. The minimum Gasteiger partial charge on any atom is -0.403 e. The summed E-state index contributed by atoms with van der Waals surface area (Å²) in [5.74, 6) is 8.22. The molecule has 1 aliphatic heterocycles. The third kappa shape index (κ3) is 5.91. The average Bonchev–Trinajstić information content (AvgIpc) is 3.51. The van der Waals surface area contributed by atoms with Crippen LogP contribution in [-0.4, -0.2) is 45.9 Å². The Morgan fingerprint density at radius 2 is 1.73 bits per heavy atom. The van der Waals surface area contributed by atoms with Crippen molar-refractivity contribution in [1.82, 2.24) is 0 Å². The minimum absolute atomic E-state index is 0.0298. The summed E-state index contributed by atoms with van der Waals surface area (Å²) in [7, 11) is -2.03. The second kappa shape index (κ2) is 12.6. The lowest BCUT2D eigenvalue weighted by molar-refractivity contribution is -0.293. The molecular formula is C38H53NO4Si. The van der Waals surface area contributed by atoms with E-state index in [0.29, 0.717) is 37.5 Å². The first-order valence-electron chi connectivity index (χ1n) is 17.3.